The molecule has 0 bridgehead atoms. The second-order valence-corrected chi connectivity index (χ2v) is 6.10. The van der Waals surface area contributed by atoms with Crippen LogP contribution in [0.2, 0.25) is 10.0 Å². The predicted molar refractivity (Wildman–Crippen MR) is 78.9 cm³/mol. The van der Waals surface area contributed by atoms with Crippen LogP contribution in [0.1, 0.15) is 50.2 Å². The van der Waals surface area contributed by atoms with Gasteiger partial charge in [0.25, 0.3) is 0 Å². The molecule has 19 heavy (non-hydrogen) atoms. The van der Waals surface area contributed by atoms with Crippen LogP contribution < -0.4 is 0 Å². The molecule has 1 saturated carbocycles. The molecule has 0 saturated heterocycles. The highest BCUT2D eigenvalue weighted by atomic mass is 35.5. The van der Waals surface area contributed by atoms with E-state index in [0.717, 1.165) is 25.7 Å². The van der Waals surface area contributed by atoms with Gasteiger partial charge in [-0.2, -0.15) is 0 Å². The molecule has 1 unspecified atom stereocenters. The molecule has 1 atom stereocenters. The molecule has 0 aromatic heterocycles. The summed E-state index contributed by atoms with van der Waals surface area (Å²) in [6.07, 6.45) is 5.51. The second kappa shape index (κ2) is 6.45. The standard InChI is InChI=1S/C15H20Cl2O2/c1-19-15(8-4-2-3-5-9-15)14(18)12-10-11(16)6-7-13(12)17/h6-7,10,14,18H,2-5,8-9H2,1H3. The minimum atomic E-state index is -0.734. The fourth-order valence-corrected chi connectivity index (χ4v) is 3.33. The number of ether oxygens (including phenoxy) is 1. The molecular formula is C15H20Cl2O2. The van der Waals surface area contributed by atoms with Gasteiger partial charge in [-0.25, -0.2) is 0 Å². The Morgan fingerprint density at radius 2 is 1.79 bits per heavy atom. The van der Waals surface area contributed by atoms with Gasteiger partial charge in [0.1, 0.15) is 6.10 Å². The number of hydrogen-bond acceptors (Lipinski definition) is 2. The van der Waals surface area contributed by atoms with Crippen molar-refractivity contribution in [2.75, 3.05) is 7.11 Å². The van der Waals surface area contributed by atoms with Gasteiger partial charge in [0, 0.05) is 22.7 Å². The average Bonchev–Trinajstić information content (AvgIpc) is 2.67. The van der Waals surface area contributed by atoms with Crippen molar-refractivity contribution in [3.63, 3.8) is 0 Å². The van der Waals surface area contributed by atoms with Crippen molar-refractivity contribution in [1.82, 2.24) is 0 Å². The SMILES string of the molecule is COC1(C(O)c2cc(Cl)ccc2Cl)CCCCCC1. The number of aliphatic hydroxyl groups is 1. The molecule has 2 nitrogen and oxygen atoms in total. The van der Waals surface area contributed by atoms with Crippen LogP contribution in [0, 0.1) is 0 Å². The Hall–Kier alpha value is -0.280. The quantitative estimate of drug-likeness (QED) is 0.815. The highest BCUT2D eigenvalue weighted by Crippen LogP contribution is 2.42. The summed E-state index contributed by atoms with van der Waals surface area (Å²) in [7, 11) is 1.67. The Morgan fingerprint density at radius 1 is 1.16 bits per heavy atom. The lowest BCUT2D eigenvalue weighted by Gasteiger charge is -2.36. The van der Waals surface area contributed by atoms with E-state index >= 15 is 0 Å². The molecule has 1 N–H and O–H groups in total. The highest BCUT2D eigenvalue weighted by Gasteiger charge is 2.40. The zero-order chi connectivity index (χ0) is 13.9. The molecule has 2 rings (SSSR count). The normalized spacial score (nSPS) is 20.8. The van der Waals surface area contributed by atoms with Crippen LogP contribution in [0.15, 0.2) is 18.2 Å². The molecule has 0 spiro atoms. The Kier molecular flexibility index (Phi) is 5.13. The van der Waals surface area contributed by atoms with E-state index in [-0.39, 0.29) is 0 Å². The van der Waals surface area contributed by atoms with E-state index in [1.807, 2.05) is 0 Å². The lowest BCUT2D eigenvalue weighted by Crippen LogP contribution is -2.38. The molecule has 1 aromatic rings. The topological polar surface area (TPSA) is 29.5 Å². The van der Waals surface area contributed by atoms with Crippen LogP contribution in [0.25, 0.3) is 0 Å². The van der Waals surface area contributed by atoms with Crippen LogP contribution in [-0.4, -0.2) is 17.8 Å². The van der Waals surface area contributed by atoms with E-state index < -0.39 is 11.7 Å². The van der Waals surface area contributed by atoms with E-state index in [1.165, 1.54) is 12.8 Å². The fourth-order valence-electron chi connectivity index (χ4n) is 2.92. The first-order valence-corrected chi connectivity index (χ1v) is 7.53. The summed E-state index contributed by atoms with van der Waals surface area (Å²) >= 11 is 12.2. The van der Waals surface area contributed by atoms with Crippen LogP contribution in [0.5, 0.6) is 0 Å². The molecule has 1 aliphatic rings. The first-order chi connectivity index (χ1) is 9.09. The molecule has 0 radical (unpaired) electrons. The lowest BCUT2D eigenvalue weighted by atomic mass is 9.84. The fraction of sp³-hybridized carbons (Fsp3) is 0.600. The predicted octanol–water partition coefficient (Wildman–Crippen LogP) is 4.77. The number of halogens is 2. The largest absolute Gasteiger partial charge is 0.385 e. The van der Waals surface area contributed by atoms with Crippen molar-refractivity contribution in [2.45, 2.75) is 50.2 Å². The van der Waals surface area contributed by atoms with Crippen molar-refractivity contribution < 1.29 is 9.84 Å². The maximum absolute atomic E-state index is 10.8. The summed E-state index contributed by atoms with van der Waals surface area (Å²) in [4.78, 5) is 0. The number of methoxy groups -OCH3 is 1. The molecule has 0 aliphatic heterocycles. The highest BCUT2D eigenvalue weighted by molar-refractivity contribution is 6.33. The van der Waals surface area contributed by atoms with Gasteiger partial charge in [-0.05, 0) is 31.0 Å². The van der Waals surface area contributed by atoms with Crippen molar-refractivity contribution in [1.29, 1.82) is 0 Å². The number of benzene rings is 1. The Balaban J connectivity index is 2.33. The second-order valence-electron chi connectivity index (χ2n) is 5.25. The van der Waals surface area contributed by atoms with Crippen LogP contribution in [-0.2, 0) is 4.74 Å². The maximum Gasteiger partial charge on any atom is 0.109 e. The Bertz CT molecular complexity index is 426. The van der Waals surface area contributed by atoms with Crippen LogP contribution in [0.3, 0.4) is 0 Å². The summed E-state index contributed by atoms with van der Waals surface area (Å²) in [5.74, 6) is 0. The molecular weight excluding hydrogens is 283 g/mol. The third kappa shape index (κ3) is 3.25. The first-order valence-electron chi connectivity index (χ1n) is 6.77. The molecule has 1 aromatic carbocycles. The van der Waals surface area contributed by atoms with Gasteiger partial charge in [-0.15, -0.1) is 0 Å². The number of rotatable bonds is 3. The third-order valence-corrected chi connectivity index (χ3v) is 4.69. The van der Waals surface area contributed by atoms with E-state index in [0.29, 0.717) is 15.6 Å². The molecule has 4 heteroatoms. The molecule has 1 aliphatic carbocycles. The van der Waals surface area contributed by atoms with Crippen molar-refractivity contribution in [3.05, 3.63) is 33.8 Å². The van der Waals surface area contributed by atoms with E-state index in [2.05, 4.69) is 0 Å². The number of hydrogen-bond donors (Lipinski definition) is 1. The van der Waals surface area contributed by atoms with Crippen LogP contribution >= 0.6 is 23.2 Å². The van der Waals surface area contributed by atoms with Gasteiger partial charge in [0.05, 0.1) is 5.60 Å². The zero-order valence-corrected chi connectivity index (χ0v) is 12.7. The lowest BCUT2D eigenvalue weighted by molar-refractivity contribution is -0.114. The van der Waals surface area contributed by atoms with Gasteiger partial charge >= 0.3 is 0 Å². The van der Waals surface area contributed by atoms with E-state index in [1.54, 1.807) is 25.3 Å². The summed E-state index contributed by atoms with van der Waals surface area (Å²) < 4.78 is 5.72. The van der Waals surface area contributed by atoms with Crippen molar-refractivity contribution >= 4 is 23.2 Å². The van der Waals surface area contributed by atoms with Gasteiger partial charge in [-0.3, -0.25) is 0 Å². The van der Waals surface area contributed by atoms with E-state index in [4.69, 9.17) is 27.9 Å². The van der Waals surface area contributed by atoms with Gasteiger partial charge in [-0.1, -0.05) is 48.9 Å². The number of aliphatic hydroxyl groups excluding tert-OH is 1. The monoisotopic (exact) mass is 302 g/mol. The minimum absolute atomic E-state index is 0.537. The smallest absolute Gasteiger partial charge is 0.109 e. The summed E-state index contributed by atoms with van der Waals surface area (Å²) in [5.41, 5.74) is 0.128. The Morgan fingerprint density at radius 3 is 2.37 bits per heavy atom. The summed E-state index contributed by atoms with van der Waals surface area (Å²) in [6.45, 7) is 0. The summed E-state index contributed by atoms with van der Waals surface area (Å²) in [5, 5.41) is 11.9. The van der Waals surface area contributed by atoms with Crippen molar-refractivity contribution in [3.8, 4) is 0 Å². The average molecular weight is 303 g/mol. The van der Waals surface area contributed by atoms with Gasteiger partial charge < -0.3 is 9.84 Å². The molecule has 0 heterocycles. The first kappa shape index (κ1) is 15.1. The third-order valence-electron chi connectivity index (χ3n) is 4.11. The maximum atomic E-state index is 10.8. The molecule has 0 amide bonds. The van der Waals surface area contributed by atoms with E-state index in [9.17, 15) is 5.11 Å². The molecule has 1 fully saturated rings. The van der Waals surface area contributed by atoms with Crippen molar-refractivity contribution in [2.24, 2.45) is 0 Å². The zero-order valence-electron chi connectivity index (χ0n) is 11.2. The summed E-state index contributed by atoms with van der Waals surface area (Å²) in [6, 6.07) is 5.19. The van der Waals surface area contributed by atoms with Crippen LogP contribution in [0.4, 0.5) is 0 Å². The Labute approximate surface area is 124 Å². The van der Waals surface area contributed by atoms with Gasteiger partial charge in [0.2, 0.25) is 0 Å². The van der Waals surface area contributed by atoms with Gasteiger partial charge in [0.15, 0.2) is 0 Å². The minimum Gasteiger partial charge on any atom is -0.385 e. The molecule has 106 valence electrons.